The van der Waals surface area contributed by atoms with E-state index in [1.807, 2.05) is 0 Å². The Morgan fingerprint density at radius 3 is 2.39 bits per heavy atom. The molecule has 1 saturated heterocycles. The molecule has 1 aromatic heterocycles. The lowest BCUT2D eigenvalue weighted by molar-refractivity contribution is 0.301. The van der Waals surface area contributed by atoms with Crippen molar-refractivity contribution < 1.29 is 4.43 Å². The Kier molecular flexibility index (Phi) is 8.68. The molecule has 2 aromatic carbocycles. The van der Waals surface area contributed by atoms with Crippen molar-refractivity contribution in [2.75, 3.05) is 55.5 Å². The van der Waals surface area contributed by atoms with Crippen molar-refractivity contribution in [2.45, 2.75) is 83.3 Å². The van der Waals surface area contributed by atoms with E-state index in [9.17, 15) is 0 Å². The van der Waals surface area contributed by atoms with Crippen LogP contribution in [0.2, 0.25) is 18.1 Å². The van der Waals surface area contributed by atoms with Crippen LogP contribution in [0.25, 0.3) is 10.9 Å². The van der Waals surface area contributed by atoms with Crippen molar-refractivity contribution in [2.24, 2.45) is 5.92 Å². The lowest BCUT2D eigenvalue weighted by Crippen LogP contribution is -2.41. The quantitative estimate of drug-likeness (QED) is 0.196. The van der Waals surface area contributed by atoms with E-state index in [2.05, 4.69) is 112 Å². The monoisotopic (exact) mass is 573 g/mol. The Hall–Kier alpha value is -2.64. The third kappa shape index (κ3) is 6.72. The minimum atomic E-state index is -1.75. The summed E-state index contributed by atoms with van der Waals surface area (Å²) in [4.78, 5) is 15.1. The van der Waals surface area contributed by atoms with Crippen molar-refractivity contribution in [3.05, 3.63) is 53.9 Å². The van der Waals surface area contributed by atoms with Crippen molar-refractivity contribution in [3.63, 3.8) is 0 Å². The number of hydrogen-bond acceptors (Lipinski definition) is 6. The maximum absolute atomic E-state index is 6.40. The van der Waals surface area contributed by atoms with Crippen LogP contribution in [0, 0.1) is 5.92 Å². The molecule has 2 aliphatic rings. The maximum Gasteiger partial charge on any atom is 0.192 e. The molecule has 1 unspecified atom stereocenters. The van der Waals surface area contributed by atoms with Crippen LogP contribution in [-0.2, 0) is 4.43 Å². The van der Waals surface area contributed by atoms with Gasteiger partial charge in [-0.3, -0.25) is 0 Å². The van der Waals surface area contributed by atoms with Crippen molar-refractivity contribution >= 4 is 36.4 Å². The standard InChI is InChI=1S/C34H51N5OSi/c1-24(25-13-14-25)32-36-30-16-15-27(35-19-22-40-41(7,8)34(2,3)4)23-29(30)33(37-32)39-20-17-26(18-21-39)28-11-9-10-12-31(28)38(5)6/h9-12,15-16,23-26,35H,13-14,17-22H2,1-8H3. The molecule has 2 heterocycles. The Morgan fingerprint density at radius 2 is 1.73 bits per heavy atom. The van der Waals surface area contributed by atoms with E-state index in [-0.39, 0.29) is 5.04 Å². The zero-order valence-electron chi connectivity index (χ0n) is 26.6. The average molecular weight is 574 g/mol. The van der Waals surface area contributed by atoms with Gasteiger partial charge < -0.3 is 19.5 Å². The molecule has 1 saturated carbocycles. The van der Waals surface area contributed by atoms with Gasteiger partial charge in [-0.25, -0.2) is 9.97 Å². The molecule has 1 aliphatic carbocycles. The highest BCUT2D eigenvalue weighted by Gasteiger charge is 2.37. The predicted molar refractivity (Wildman–Crippen MR) is 177 cm³/mol. The highest BCUT2D eigenvalue weighted by Crippen LogP contribution is 2.43. The highest BCUT2D eigenvalue weighted by molar-refractivity contribution is 6.74. The molecule has 1 aliphatic heterocycles. The van der Waals surface area contributed by atoms with Crippen LogP contribution >= 0.6 is 0 Å². The fourth-order valence-electron chi connectivity index (χ4n) is 5.85. The summed E-state index contributed by atoms with van der Waals surface area (Å²) in [6.07, 6.45) is 4.86. The van der Waals surface area contributed by atoms with Gasteiger partial charge >= 0.3 is 0 Å². The Bertz CT molecular complexity index is 1340. The summed E-state index contributed by atoms with van der Waals surface area (Å²) in [5.74, 6) is 3.83. The van der Waals surface area contributed by atoms with E-state index in [0.29, 0.717) is 11.8 Å². The summed E-state index contributed by atoms with van der Waals surface area (Å²) in [6.45, 7) is 17.3. The number of hydrogen-bond donors (Lipinski definition) is 1. The van der Waals surface area contributed by atoms with Gasteiger partial charge in [0, 0.05) is 56.4 Å². The molecular weight excluding hydrogens is 522 g/mol. The highest BCUT2D eigenvalue weighted by atomic mass is 28.4. The van der Waals surface area contributed by atoms with E-state index < -0.39 is 8.32 Å². The molecule has 1 N–H and O–H groups in total. The third-order valence-corrected chi connectivity index (χ3v) is 14.3. The van der Waals surface area contributed by atoms with Crippen LogP contribution < -0.4 is 15.1 Å². The topological polar surface area (TPSA) is 53.5 Å². The Balaban J connectivity index is 1.36. The van der Waals surface area contributed by atoms with E-state index >= 15 is 0 Å². The SMILES string of the molecule is CC(c1nc(N2CCC(c3ccccc3N(C)C)CC2)c2cc(NCCO[Si](C)(C)C(C)(C)C)ccc2n1)C1CC1. The van der Waals surface area contributed by atoms with Crippen LogP contribution in [-0.4, -0.2) is 58.6 Å². The van der Waals surface area contributed by atoms with Crippen molar-refractivity contribution in [3.8, 4) is 0 Å². The number of fused-ring (bicyclic) bond motifs is 1. The molecule has 0 radical (unpaired) electrons. The summed E-state index contributed by atoms with van der Waals surface area (Å²) in [7, 11) is 2.55. The van der Waals surface area contributed by atoms with Crippen LogP contribution in [0.5, 0.6) is 0 Å². The van der Waals surface area contributed by atoms with Gasteiger partial charge in [0.1, 0.15) is 11.6 Å². The number of para-hydroxylation sites is 1. The molecule has 0 amide bonds. The molecule has 1 atom stereocenters. The summed E-state index contributed by atoms with van der Waals surface area (Å²) in [5.41, 5.74) is 4.98. The predicted octanol–water partition coefficient (Wildman–Crippen LogP) is 8.03. The lowest BCUT2D eigenvalue weighted by Gasteiger charge is -2.36. The first-order valence-corrected chi connectivity index (χ1v) is 18.6. The maximum atomic E-state index is 6.40. The largest absolute Gasteiger partial charge is 0.415 e. The van der Waals surface area contributed by atoms with Gasteiger partial charge in [0.05, 0.1) is 12.1 Å². The van der Waals surface area contributed by atoms with Crippen LogP contribution in [0.1, 0.15) is 76.6 Å². The van der Waals surface area contributed by atoms with Gasteiger partial charge in [0.15, 0.2) is 8.32 Å². The van der Waals surface area contributed by atoms with Gasteiger partial charge in [-0.15, -0.1) is 0 Å². The molecule has 0 bridgehead atoms. The molecule has 0 spiro atoms. The molecule has 2 fully saturated rings. The van der Waals surface area contributed by atoms with Crippen LogP contribution in [0.3, 0.4) is 0 Å². The minimum Gasteiger partial charge on any atom is -0.415 e. The molecule has 3 aromatic rings. The van der Waals surface area contributed by atoms with Crippen molar-refractivity contribution in [1.82, 2.24) is 9.97 Å². The van der Waals surface area contributed by atoms with E-state index in [4.69, 9.17) is 14.4 Å². The summed E-state index contributed by atoms with van der Waals surface area (Å²) >= 11 is 0. The zero-order chi connectivity index (χ0) is 29.4. The Morgan fingerprint density at radius 1 is 1.02 bits per heavy atom. The fourth-order valence-corrected chi connectivity index (χ4v) is 6.90. The zero-order valence-corrected chi connectivity index (χ0v) is 27.6. The Labute approximate surface area is 249 Å². The molecule has 41 heavy (non-hydrogen) atoms. The molecule has 5 rings (SSSR count). The number of aromatic nitrogens is 2. The van der Waals surface area contributed by atoms with Crippen LogP contribution in [0.15, 0.2) is 42.5 Å². The normalized spacial score (nSPS) is 17.6. The number of rotatable bonds is 10. The number of benzene rings is 2. The second-order valence-electron chi connectivity index (χ2n) is 14.0. The molecule has 222 valence electrons. The summed E-state index contributed by atoms with van der Waals surface area (Å²) in [5, 5.41) is 4.99. The first-order valence-electron chi connectivity index (χ1n) is 15.7. The van der Waals surface area contributed by atoms with Gasteiger partial charge in [-0.2, -0.15) is 0 Å². The molecule has 7 heteroatoms. The smallest absolute Gasteiger partial charge is 0.192 e. The third-order valence-electron chi connectivity index (χ3n) is 9.78. The van der Waals surface area contributed by atoms with Crippen molar-refractivity contribution in [1.29, 1.82) is 0 Å². The lowest BCUT2D eigenvalue weighted by atomic mass is 9.88. The van der Waals surface area contributed by atoms with Crippen LogP contribution in [0.4, 0.5) is 17.2 Å². The second kappa shape index (κ2) is 11.9. The average Bonchev–Trinajstić information content (AvgIpc) is 3.79. The van der Waals surface area contributed by atoms with Gasteiger partial charge in [0.25, 0.3) is 0 Å². The van der Waals surface area contributed by atoms with E-state index in [1.165, 1.54) is 24.1 Å². The second-order valence-corrected chi connectivity index (χ2v) is 18.8. The number of piperidine rings is 1. The van der Waals surface area contributed by atoms with Gasteiger partial charge in [0.2, 0.25) is 0 Å². The summed E-state index contributed by atoms with van der Waals surface area (Å²) in [6, 6.07) is 15.5. The fraction of sp³-hybridized carbons (Fsp3) is 0.588. The molecule has 6 nitrogen and oxygen atoms in total. The number of nitrogens with zero attached hydrogens (tertiary/aromatic N) is 4. The molecular formula is C34H51N5OSi. The van der Waals surface area contributed by atoms with Gasteiger partial charge in [-0.05, 0) is 85.5 Å². The van der Waals surface area contributed by atoms with E-state index in [1.54, 1.807) is 0 Å². The first kappa shape index (κ1) is 29.8. The number of nitrogens with one attached hydrogen (secondary N) is 1. The summed E-state index contributed by atoms with van der Waals surface area (Å²) < 4.78 is 6.40. The van der Waals surface area contributed by atoms with E-state index in [0.717, 1.165) is 73.2 Å². The minimum absolute atomic E-state index is 0.222. The number of anilines is 3. The van der Waals surface area contributed by atoms with Gasteiger partial charge in [-0.1, -0.05) is 45.9 Å². The first-order chi connectivity index (χ1) is 19.4.